The molecule has 0 unspecified atom stereocenters. The van der Waals surface area contributed by atoms with Gasteiger partial charge in [-0.15, -0.1) is 0 Å². The zero-order valence-corrected chi connectivity index (χ0v) is 14.8. The van der Waals surface area contributed by atoms with Crippen LogP contribution in [0.5, 0.6) is 5.75 Å². The van der Waals surface area contributed by atoms with E-state index in [4.69, 9.17) is 4.74 Å². The number of ether oxygens (including phenoxy) is 1. The lowest BCUT2D eigenvalue weighted by molar-refractivity contribution is 0.0630. The van der Waals surface area contributed by atoms with Gasteiger partial charge in [0.25, 0.3) is 5.91 Å². The third-order valence-electron chi connectivity index (χ3n) is 4.60. The molecular weight excluding hydrogens is 328 g/mol. The molecule has 1 saturated heterocycles. The lowest BCUT2D eigenvalue weighted by Crippen LogP contribution is -2.49. The number of piperazine rings is 1. The lowest BCUT2D eigenvalue weighted by atomic mass is 10.2. The van der Waals surface area contributed by atoms with E-state index in [0.29, 0.717) is 17.9 Å². The van der Waals surface area contributed by atoms with Gasteiger partial charge in [-0.1, -0.05) is 30.3 Å². The number of nitrogens with zero attached hydrogens (tertiary/aromatic N) is 2. The largest absolute Gasteiger partial charge is 0.493 e. The summed E-state index contributed by atoms with van der Waals surface area (Å²) in [5, 5.41) is 0. The summed E-state index contributed by atoms with van der Waals surface area (Å²) >= 11 is 0. The summed E-state index contributed by atoms with van der Waals surface area (Å²) in [5.74, 6) is 0.750. The van der Waals surface area contributed by atoms with Crippen molar-refractivity contribution in [2.75, 3.05) is 39.3 Å². The first-order valence-electron chi connectivity index (χ1n) is 9.01. The van der Waals surface area contributed by atoms with Crippen LogP contribution in [-0.4, -0.2) is 61.3 Å². The maximum absolute atomic E-state index is 12.4. The Morgan fingerprint density at radius 2 is 1.65 bits per heavy atom. The molecule has 0 bridgehead atoms. The van der Waals surface area contributed by atoms with Crippen molar-refractivity contribution >= 4 is 12.2 Å². The Kier molecular flexibility index (Phi) is 6.39. The minimum Gasteiger partial charge on any atom is -0.493 e. The van der Waals surface area contributed by atoms with Gasteiger partial charge in [-0.25, -0.2) is 0 Å². The van der Waals surface area contributed by atoms with Crippen LogP contribution in [0.15, 0.2) is 54.6 Å². The quantitative estimate of drug-likeness (QED) is 0.568. The van der Waals surface area contributed by atoms with Crippen LogP contribution in [0.2, 0.25) is 0 Å². The standard InChI is InChI=1S/C21H24N2O3/c24-17-19-9-4-5-10-20(19)26-16-6-11-22-12-14-23(15-13-22)21(25)18-7-2-1-3-8-18/h1-5,7-10,17H,6,11-16H2. The van der Waals surface area contributed by atoms with Crippen LogP contribution in [0.3, 0.4) is 0 Å². The van der Waals surface area contributed by atoms with E-state index in [1.54, 1.807) is 6.07 Å². The van der Waals surface area contributed by atoms with E-state index in [0.717, 1.165) is 51.0 Å². The van der Waals surface area contributed by atoms with Gasteiger partial charge in [0, 0.05) is 38.3 Å². The molecule has 1 amide bonds. The predicted octanol–water partition coefficient (Wildman–Crippen LogP) is 2.73. The van der Waals surface area contributed by atoms with Gasteiger partial charge >= 0.3 is 0 Å². The molecule has 0 aliphatic carbocycles. The Morgan fingerprint density at radius 3 is 2.38 bits per heavy atom. The molecule has 0 radical (unpaired) electrons. The molecule has 1 heterocycles. The van der Waals surface area contributed by atoms with Crippen LogP contribution in [0.25, 0.3) is 0 Å². The Balaban J connectivity index is 1.38. The molecule has 26 heavy (non-hydrogen) atoms. The van der Waals surface area contributed by atoms with E-state index in [1.807, 2.05) is 53.4 Å². The number of carbonyl (C=O) groups excluding carboxylic acids is 2. The van der Waals surface area contributed by atoms with Gasteiger partial charge in [0.1, 0.15) is 5.75 Å². The molecule has 0 spiro atoms. The molecule has 2 aromatic carbocycles. The molecule has 5 nitrogen and oxygen atoms in total. The molecule has 0 atom stereocenters. The minimum atomic E-state index is 0.110. The maximum Gasteiger partial charge on any atom is 0.253 e. The predicted molar refractivity (Wildman–Crippen MR) is 101 cm³/mol. The molecule has 1 aliphatic heterocycles. The monoisotopic (exact) mass is 352 g/mol. The summed E-state index contributed by atoms with van der Waals surface area (Å²) in [6.45, 7) is 4.77. The van der Waals surface area contributed by atoms with E-state index in [9.17, 15) is 9.59 Å². The van der Waals surface area contributed by atoms with Gasteiger partial charge in [-0.2, -0.15) is 0 Å². The summed E-state index contributed by atoms with van der Waals surface area (Å²) in [6, 6.07) is 16.7. The van der Waals surface area contributed by atoms with Crippen LogP contribution in [0, 0.1) is 0 Å². The van der Waals surface area contributed by atoms with Gasteiger partial charge in [-0.3, -0.25) is 14.5 Å². The number of hydrogen-bond acceptors (Lipinski definition) is 4. The van der Waals surface area contributed by atoms with E-state index in [-0.39, 0.29) is 5.91 Å². The number of rotatable bonds is 7. The van der Waals surface area contributed by atoms with Gasteiger partial charge in [0.05, 0.1) is 12.2 Å². The van der Waals surface area contributed by atoms with E-state index in [2.05, 4.69) is 4.90 Å². The van der Waals surface area contributed by atoms with Crippen LogP contribution < -0.4 is 4.74 Å². The SMILES string of the molecule is O=Cc1ccccc1OCCCN1CCN(C(=O)c2ccccc2)CC1. The highest BCUT2D eigenvalue weighted by molar-refractivity contribution is 5.94. The number of benzene rings is 2. The Bertz CT molecular complexity index is 725. The van der Waals surface area contributed by atoms with Crippen molar-refractivity contribution in [1.82, 2.24) is 9.80 Å². The zero-order chi connectivity index (χ0) is 18.2. The van der Waals surface area contributed by atoms with Crippen molar-refractivity contribution in [2.45, 2.75) is 6.42 Å². The summed E-state index contributed by atoms with van der Waals surface area (Å²) in [6.07, 6.45) is 1.71. The van der Waals surface area contributed by atoms with Gasteiger partial charge < -0.3 is 9.64 Å². The molecule has 0 aromatic heterocycles. The molecule has 0 N–H and O–H groups in total. The second kappa shape index (κ2) is 9.15. The number of para-hydroxylation sites is 1. The van der Waals surface area contributed by atoms with E-state index in [1.165, 1.54) is 0 Å². The molecule has 136 valence electrons. The number of amides is 1. The molecular formula is C21H24N2O3. The van der Waals surface area contributed by atoms with Crippen LogP contribution in [0.1, 0.15) is 27.1 Å². The highest BCUT2D eigenvalue weighted by Gasteiger charge is 2.21. The van der Waals surface area contributed by atoms with Crippen molar-refractivity contribution < 1.29 is 14.3 Å². The molecule has 2 aromatic rings. The highest BCUT2D eigenvalue weighted by Crippen LogP contribution is 2.16. The normalized spacial score (nSPS) is 14.8. The van der Waals surface area contributed by atoms with E-state index >= 15 is 0 Å². The van der Waals surface area contributed by atoms with Crippen LogP contribution >= 0.6 is 0 Å². The Morgan fingerprint density at radius 1 is 0.962 bits per heavy atom. The third-order valence-corrected chi connectivity index (χ3v) is 4.60. The fourth-order valence-electron chi connectivity index (χ4n) is 3.12. The molecule has 0 saturated carbocycles. The first kappa shape index (κ1) is 18.1. The number of aldehydes is 1. The lowest BCUT2D eigenvalue weighted by Gasteiger charge is -2.34. The van der Waals surface area contributed by atoms with Crippen LogP contribution in [0.4, 0.5) is 0 Å². The minimum absolute atomic E-state index is 0.110. The maximum atomic E-state index is 12.4. The Hall–Kier alpha value is -2.66. The van der Waals surface area contributed by atoms with Crippen molar-refractivity contribution in [3.8, 4) is 5.75 Å². The third kappa shape index (κ3) is 4.70. The summed E-state index contributed by atoms with van der Waals surface area (Å²) in [7, 11) is 0. The zero-order valence-electron chi connectivity index (χ0n) is 14.8. The molecule has 3 rings (SSSR count). The summed E-state index contributed by atoms with van der Waals surface area (Å²) < 4.78 is 5.71. The molecule has 5 heteroatoms. The highest BCUT2D eigenvalue weighted by atomic mass is 16.5. The smallest absolute Gasteiger partial charge is 0.253 e. The van der Waals surface area contributed by atoms with Crippen molar-refractivity contribution in [2.24, 2.45) is 0 Å². The average Bonchev–Trinajstić information content (AvgIpc) is 2.72. The van der Waals surface area contributed by atoms with Crippen molar-refractivity contribution in [3.05, 3.63) is 65.7 Å². The van der Waals surface area contributed by atoms with Crippen molar-refractivity contribution in [3.63, 3.8) is 0 Å². The first-order valence-corrected chi connectivity index (χ1v) is 9.01. The van der Waals surface area contributed by atoms with E-state index < -0.39 is 0 Å². The fourth-order valence-corrected chi connectivity index (χ4v) is 3.12. The molecule has 1 aliphatic rings. The average molecular weight is 352 g/mol. The number of hydrogen-bond donors (Lipinski definition) is 0. The Labute approximate surface area is 154 Å². The van der Waals surface area contributed by atoms with Gasteiger partial charge in [0.2, 0.25) is 0 Å². The summed E-state index contributed by atoms with van der Waals surface area (Å²) in [5.41, 5.74) is 1.34. The van der Waals surface area contributed by atoms with Gasteiger partial charge in [-0.05, 0) is 30.7 Å². The van der Waals surface area contributed by atoms with Gasteiger partial charge in [0.15, 0.2) is 6.29 Å². The van der Waals surface area contributed by atoms with Crippen molar-refractivity contribution in [1.29, 1.82) is 0 Å². The fraction of sp³-hybridized carbons (Fsp3) is 0.333. The topological polar surface area (TPSA) is 49.9 Å². The second-order valence-corrected chi connectivity index (χ2v) is 6.36. The first-order chi connectivity index (χ1) is 12.8. The molecule has 1 fully saturated rings. The summed E-state index contributed by atoms with van der Waals surface area (Å²) in [4.78, 5) is 27.7. The second-order valence-electron chi connectivity index (χ2n) is 6.36. The number of carbonyl (C=O) groups is 2. The van der Waals surface area contributed by atoms with Crippen LogP contribution in [-0.2, 0) is 0 Å².